The first-order valence-electron chi connectivity index (χ1n) is 6.99. The van der Waals surface area contributed by atoms with E-state index in [1.165, 1.54) is 4.90 Å². The molecule has 6 nitrogen and oxygen atoms in total. The summed E-state index contributed by atoms with van der Waals surface area (Å²) >= 11 is 0. The number of rotatable bonds is 4. The number of hydrogen-bond donors (Lipinski definition) is 3. The smallest absolute Gasteiger partial charge is 0.326 e. The monoisotopic (exact) mass is 292 g/mol. The van der Waals surface area contributed by atoms with Crippen LogP contribution in [0.4, 0.5) is 4.79 Å². The molecule has 3 atom stereocenters. The molecule has 0 spiro atoms. The molecule has 1 unspecified atom stereocenters. The molecule has 1 fully saturated rings. The normalized spacial score (nSPS) is 22.9. The van der Waals surface area contributed by atoms with E-state index in [0.29, 0.717) is 6.42 Å². The van der Waals surface area contributed by atoms with Crippen molar-refractivity contribution in [2.75, 3.05) is 6.54 Å². The fourth-order valence-corrected chi connectivity index (χ4v) is 2.58. The summed E-state index contributed by atoms with van der Waals surface area (Å²) in [6, 6.07) is 8.22. The molecule has 0 radical (unpaired) electrons. The number of carboxylic acids is 1. The van der Waals surface area contributed by atoms with E-state index in [-0.39, 0.29) is 19.0 Å². The van der Waals surface area contributed by atoms with Gasteiger partial charge in [0.2, 0.25) is 0 Å². The van der Waals surface area contributed by atoms with Crippen molar-refractivity contribution in [3.63, 3.8) is 0 Å². The molecular formula is C15H20N2O4. The number of aliphatic carboxylic acids is 1. The molecule has 2 rings (SSSR count). The Kier molecular flexibility index (Phi) is 4.80. The number of carbonyl (C=O) groups excluding carboxylic acids is 1. The van der Waals surface area contributed by atoms with E-state index in [1.807, 2.05) is 37.3 Å². The van der Waals surface area contributed by atoms with Gasteiger partial charge in [0.25, 0.3) is 0 Å². The third-order valence-corrected chi connectivity index (χ3v) is 3.58. The van der Waals surface area contributed by atoms with Crippen molar-refractivity contribution in [3.8, 4) is 0 Å². The van der Waals surface area contributed by atoms with Gasteiger partial charge in [0.15, 0.2) is 0 Å². The minimum absolute atomic E-state index is 0.0564. The number of carbonyl (C=O) groups is 2. The molecular weight excluding hydrogens is 272 g/mol. The Labute approximate surface area is 123 Å². The molecule has 1 aromatic carbocycles. The van der Waals surface area contributed by atoms with Crippen molar-refractivity contribution in [1.82, 2.24) is 10.2 Å². The van der Waals surface area contributed by atoms with E-state index in [9.17, 15) is 14.7 Å². The predicted octanol–water partition coefficient (Wildman–Crippen LogP) is 0.847. The number of benzene rings is 1. The number of nitrogens with one attached hydrogen (secondary N) is 1. The van der Waals surface area contributed by atoms with E-state index in [2.05, 4.69) is 5.32 Å². The number of likely N-dealkylation sites (tertiary alicyclic amines) is 1. The van der Waals surface area contributed by atoms with Gasteiger partial charge in [-0.2, -0.15) is 0 Å². The van der Waals surface area contributed by atoms with Crippen LogP contribution in [0.1, 0.15) is 18.9 Å². The van der Waals surface area contributed by atoms with Gasteiger partial charge in [-0.1, -0.05) is 30.3 Å². The lowest BCUT2D eigenvalue weighted by molar-refractivity contribution is -0.141. The van der Waals surface area contributed by atoms with Crippen LogP contribution in [0.2, 0.25) is 0 Å². The second-order valence-electron chi connectivity index (χ2n) is 5.44. The number of aliphatic hydroxyl groups is 1. The second kappa shape index (κ2) is 6.58. The number of nitrogens with zero attached hydrogens (tertiary/aromatic N) is 1. The highest BCUT2D eigenvalue weighted by atomic mass is 16.4. The van der Waals surface area contributed by atoms with E-state index >= 15 is 0 Å². The average molecular weight is 292 g/mol. The molecule has 2 amide bonds. The van der Waals surface area contributed by atoms with Gasteiger partial charge >= 0.3 is 12.0 Å². The number of β-amino-alcohol motifs (C(OH)–C–C–N with tert-alkyl or cyclic N) is 1. The summed E-state index contributed by atoms with van der Waals surface area (Å²) in [5.74, 6) is -1.09. The van der Waals surface area contributed by atoms with E-state index in [4.69, 9.17) is 5.11 Å². The topological polar surface area (TPSA) is 89.9 Å². The van der Waals surface area contributed by atoms with Crippen molar-refractivity contribution in [2.45, 2.75) is 38.0 Å². The Morgan fingerprint density at radius 3 is 2.67 bits per heavy atom. The highest BCUT2D eigenvalue weighted by Crippen LogP contribution is 2.18. The first-order chi connectivity index (χ1) is 9.97. The molecule has 1 aliphatic rings. The van der Waals surface area contributed by atoms with E-state index < -0.39 is 24.1 Å². The zero-order chi connectivity index (χ0) is 15.4. The summed E-state index contributed by atoms with van der Waals surface area (Å²) < 4.78 is 0. The zero-order valence-electron chi connectivity index (χ0n) is 11.9. The fourth-order valence-electron chi connectivity index (χ4n) is 2.58. The lowest BCUT2D eigenvalue weighted by Gasteiger charge is -2.24. The summed E-state index contributed by atoms with van der Waals surface area (Å²) in [4.78, 5) is 24.4. The molecule has 114 valence electrons. The number of aliphatic hydroxyl groups excluding tert-OH is 1. The molecule has 0 saturated carbocycles. The number of hydrogen-bond acceptors (Lipinski definition) is 3. The standard InChI is InChI=1S/C15H20N2O4/c1-10(7-11-5-3-2-4-6-11)16-15(21)17-9-12(18)8-13(17)14(19)20/h2-6,10,12-13,18H,7-9H2,1H3,(H,16,21)(H,19,20)/t10?,12-,13-/m0/s1. The third kappa shape index (κ3) is 3.95. The van der Waals surface area contributed by atoms with Gasteiger partial charge < -0.3 is 20.4 Å². The van der Waals surface area contributed by atoms with Gasteiger partial charge in [0.1, 0.15) is 6.04 Å². The van der Waals surface area contributed by atoms with Crippen LogP contribution >= 0.6 is 0 Å². The maximum Gasteiger partial charge on any atom is 0.326 e. The summed E-state index contributed by atoms with van der Waals surface area (Å²) in [6.45, 7) is 1.92. The molecule has 1 aliphatic heterocycles. The molecule has 0 aromatic heterocycles. The molecule has 1 heterocycles. The first kappa shape index (κ1) is 15.3. The van der Waals surface area contributed by atoms with E-state index in [1.54, 1.807) is 0 Å². The minimum Gasteiger partial charge on any atom is -0.480 e. The van der Waals surface area contributed by atoms with E-state index in [0.717, 1.165) is 5.56 Å². The van der Waals surface area contributed by atoms with Crippen molar-refractivity contribution < 1.29 is 19.8 Å². The van der Waals surface area contributed by atoms with Gasteiger partial charge in [-0.3, -0.25) is 0 Å². The van der Waals surface area contributed by atoms with Crippen LogP contribution in [0.25, 0.3) is 0 Å². The van der Waals surface area contributed by atoms with Crippen LogP contribution in [0.15, 0.2) is 30.3 Å². The van der Waals surface area contributed by atoms with Gasteiger partial charge in [0.05, 0.1) is 6.10 Å². The SMILES string of the molecule is CC(Cc1ccccc1)NC(=O)N1C[C@@H](O)C[C@H]1C(=O)O. The van der Waals surface area contributed by atoms with Crippen molar-refractivity contribution >= 4 is 12.0 Å². The molecule has 0 bridgehead atoms. The quantitative estimate of drug-likeness (QED) is 0.767. The maximum absolute atomic E-state index is 12.1. The summed E-state index contributed by atoms with van der Waals surface area (Å²) in [6.07, 6.45) is -0.0300. The number of carboxylic acid groups (broad SMARTS) is 1. The highest BCUT2D eigenvalue weighted by molar-refractivity contribution is 5.83. The predicted molar refractivity (Wildman–Crippen MR) is 76.9 cm³/mol. The van der Waals surface area contributed by atoms with Crippen molar-refractivity contribution in [1.29, 1.82) is 0 Å². The Morgan fingerprint density at radius 1 is 1.38 bits per heavy atom. The largest absolute Gasteiger partial charge is 0.480 e. The molecule has 1 aromatic rings. The Bertz CT molecular complexity index is 506. The van der Waals surface area contributed by atoms with Crippen LogP contribution < -0.4 is 5.32 Å². The summed E-state index contributed by atoms with van der Waals surface area (Å²) in [5.41, 5.74) is 1.10. The van der Waals surface area contributed by atoms with Gasteiger partial charge in [-0.15, -0.1) is 0 Å². The van der Waals surface area contributed by atoms with Crippen molar-refractivity contribution in [3.05, 3.63) is 35.9 Å². The average Bonchev–Trinajstić information content (AvgIpc) is 2.82. The maximum atomic E-state index is 12.1. The highest BCUT2D eigenvalue weighted by Gasteiger charge is 2.39. The van der Waals surface area contributed by atoms with Gasteiger partial charge in [0, 0.05) is 19.0 Å². The molecule has 21 heavy (non-hydrogen) atoms. The number of amides is 2. The lowest BCUT2D eigenvalue weighted by atomic mass is 10.1. The van der Waals surface area contributed by atoms with Crippen LogP contribution in [0.5, 0.6) is 0 Å². The van der Waals surface area contributed by atoms with Crippen LogP contribution in [0, 0.1) is 0 Å². The Morgan fingerprint density at radius 2 is 2.05 bits per heavy atom. The lowest BCUT2D eigenvalue weighted by Crippen LogP contribution is -2.49. The molecule has 1 saturated heterocycles. The minimum atomic E-state index is -1.09. The second-order valence-corrected chi connectivity index (χ2v) is 5.44. The fraction of sp³-hybridized carbons (Fsp3) is 0.467. The number of urea groups is 1. The summed E-state index contributed by atoms with van der Waals surface area (Å²) in [7, 11) is 0. The zero-order valence-corrected chi connectivity index (χ0v) is 11.9. The van der Waals surface area contributed by atoms with Gasteiger partial charge in [-0.05, 0) is 18.9 Å². The van der Waals surface area contributed by atoms with Crippen LogP contribution in [0.3, 0.4) is 0 Å². The summed E-state index contributed by atoms with van der Waals surface area (Å²) in [5, 5.41) is 21.4. The molecule has 0 aliphatic carbocycles. The van der Waals surface area contributed by atoms with Crippen LogP contribution in [-0.4, -0.2) is 51.8 Å². The molecule has 6 heteroatoms. The first-order valence-corrected chi connectivity index (χ1v) is 6.99. The Hall–Kier alpha value is -2.08. The Balaban J connectivity index is 1.92. The third-order valence-electron chi connectivity index (χ3n) is 3.58. The van der Waals surface area contributed by atoms with Gasteiger partial charge in [-0.25, -0.2) is 9.59 Å². The van der Waals surface area contributed by atoms with Crippen molar-refractivity contribution in [2.24, 2.45) is 0 Å². The van der Waals surface area contributed by atoms with Crippen LogP contribution in [-0.2, 0) is 11.2 Å². The molecule has 3 N–H and O–H groups in total.